The van der Waals surface area contributed by atoms with Gasteiger partial charge in [0, 0.05) is 12.3 Å². The maximum atomic E-state index is 14.5. The summed E-state index contributed by atoms with van der Waals surface area (Å²) in [5, 5.41) is 0. The zero-order chi connectivity index (χ0) is 24.8. The monoisotopic (exact) mass is 550 g/mol. The van der Waals surface area contributed by atoms with Crippen molar-refractivity contribution in [3.8, 4) is 0 Å². The highest BCUT2D eigenvalue weighted by atomic mass is 35.5. The molecule has 16 nitrogen and oxygen atoms in total. The van der Waals surface area contributed by atoms with Gasteiger partial charge in [-0.1, -0.05) is 0 Å². The number of phosphoric acid groups is 3. The molecule has 0 aromatic carbocycles. The molecule has 1 aromatic rings. The van der Waals surface area contributed by atoms with E-state index in [0.717, 1.165) is 0 Å². The first kappa shape index (κ1) is 27.1. The van der Waals surface area contributed by atoms with Gasteiger partial charge in [0.25, 0.3) is 5.56 Å². The van der Waals surface area contributed by atoms with Gasteiger partial charge >= 0.3 is 35.1 Å². The van der Waals surface area contributed by atoms with Crippen LogP contribution in [-0.2, 0) is 36.4 Å². The molecule has 1 saturated heterocycles. The third-order valence-corrected chi connectivity index (χ3v) is 7.77. The van der Waals surface area contributed by atoms with Gasteiger partial charge in [0.2, 0.25) is 12.0 Å². The number of rotatable bonds is 9. The van der Waals surface area contributed by atoms with Crippen molar-refractivity contribution >= 4 is 40.9 Å². The number of hydrogen-bond acceptors (Lipinski definition) is 10. The standard InChI is InChI=1S/C10H12ClF2N2O14P3/c11-3-9(4-26-31(22,23)29-32(24,25)28-30(19,20)21)6(17)10(12,13)7(27-9)15-2-1-5(16)14-8(15)18/h1-2,7H,3-4H2,(H,22,23)(H,24,25)(H,14,16,18)(H2,19,20,21)/t7-,9-/m1/s1. The summed E-state index contributed by atoms with van der Waals surface area (Å²) in [7, 11) is -17.4. The molecule has 32 heavy (non-hydrogen) atoms. The van der Waals surface area contributed by atoms with Crippen LogP contribution in [0.5, 0.6) is 0 Å². The summed E-state index contributed by atoms with van der Waals surface area (Å²) in [5.74, 6) is -7.79. The van der Waals surface area contributed by atoms with E-state index >= 15 is 0 Å². The van der Waals surface area contributed by atoms with Crippen molar-refractivity contribution in [1.29, 1.82) is 0 Å². The van der Waals surface area contributed by atoms with E-state index in [1.807, 2.05) is 0 Å². The lowest BCUT2D eigenvalue weighted by molar-refractivity contribution is -0.147. The number of phosphoric ester groups is 1. The number of H-pyrrole nitrogens is 1. The third-order valence-electron chi connectivity index (χ3n) is 3.56. The fraction of sp³-hybridized carbons (Fsp3) is 0.500. The Morgan fingerprint density at radius 2 is 1.72 bits per heavy atom. The predicted octanol–water partition coefficient (Wildman–Crippen LogP) is -0.409. The lowest BCUT2D eigenvalue weighted by Crippen LogP contribution is -2.47. The maximum Gasteiger partial charge on any atom is 0.490 e. The molecule has 2 heterocycles. The largest absolute Gasteiger partial charge is 0.490 e. The normalized spacial score (nSPS) is 27.1. The summed E-state index contributed by atoms with van der Waals surface area (Å²) in [6.07, 6.45) is -2.12. The van der Waals surface area contributed by atoms with E-state index in [1.54, 1.807) is 4.98 Å². The van der Waals surface area contributed by atoms with Gasteiger partial charge in [-0.2, -0.15) is 17.4 Å². The second-order valence-electron chi connectivity index (χ2n) is 5.93. The molecule has 182 valence electrons. The van der Waals surface area contributed by atoms with E-state index in [2.05, 4.69) is 13.1 Å². The Labute approximate surface area is 179 Å². The molecule has 1 aliphatic rings. The van der Waals surface area contributed by atoms with Crippen molar-refractivity contribution in [2.45, 2.75) is 17.8 Å². The van der Waals surface area contributed by atoms with E-state index in [1.165, 1.54) is 0 Å². The van der Waals surface area contributed by atoms with Gasteiger partial charge in [0.1, 0.15) is 0 Å². The minimum atomic E-state index is -5.93. The molecule has 1 aromatic heterocycles. The summed E-state index contributed by atoms with van der Waals surface area (Å²) in [5.41, 5.74) is -5.29. The Hall–Kier alpha value is -1.13. The number of halogens is 3. The minimum Gasteiger partial charge on any atom is -0.333 e. The number of ketones is 1. The van der Waals surface area contributed by atoms with Crippen LogP contribution in [0, 0.1) is 0 Å². The molecule has 0 amide bonds. The van der Waals surface area contributed by atoms with E-state index in [-0.39, 0.29) is 4.57 Å². The van der Waals surface area contributed by atoms with Gasteiger partial charge in [0.15, 0.2) is 5.60 Å². The smallest absolute Gasteiger partial charge is 0.333 e. The summed E-state index contributed by atoms with van der Waals surface area (Å²) in [6, 6.07) is 0.651. The zero-order valence-corrected chi connectivity index (χ0v) is 18.4. The number of aromatic nitrogens is 2. The number of nitrogens with one attached hydrogen (secondary N) is 1. The predicted molar refractivity (Wildman–Crippen MR) is 94.7 cm³/mol. The summed E-state index contributed by atoms with van der Waals surface area (Å²) < 4.78 is 78.8. The molecule has 22 heteroatoms. The van der Waals surface area contributed by atoms with Crippen LogP contribution in [0.1, 0.15) is 6.23 Å². The first-order valence-corrected chi connectivity index (χ1v) is 12.7. The average Bonchev–Trinajstić information content (AvgIpc) is 2.78. The van der Waals surface area contributed by atoms with Crippen LogP contribution in [0.15, 0.2) is 21.9 Å². The number of hydrogen-bond donors (Lipinski definition) is 5. The van der Waals surface area contributed by atoms with Gasteiger partial charge in [-0.25, -0.2) is 18.5 Å². The summed E-state index contributed by atoms with van der Waals surface area (Å²) in [4.78, 5) is 72.2. The molecule has 0 aliphatic carbocycles. The topological polar surface area (TPSA) is 241 Å². The number of ether oxygens (including phenoxy) is 1. The molecule has 1 aliphatic heterocycles. The number of carbonyl (C=O) groups excluding carboxylic acids is 1. The van der Waals surface area contributed by atoms with Crippen molar-refractivity contribution < 1.29 is 64.7 Å². The highest BCUT2D eigenvalue weighted by Crippen LogP contribution is 2.66. The molecule has 0 saturated carbocycles. The number of aromatic amines is 1. The van der Waals surface area contributed by atoms with Crippen molar-refractivity contribution in [1.82, 2.24) is 9.55 Å². The van der Waals surface area contributed by atoms with Crippen molar-refractivity contribution in [2.75, 3.05) is 12.5 Å². The number of nitrogens with zero attached hydrogens (tertiary/aromatic N) is 1. The number of Topliss-reactive ketones (excluding diaryl/α,β-unsaturated/α-hetero) is 1. The van der Waals surface area contributed by atoms with E-state index in [9.17, 15) is 41.8 Å². The van der Waals surface area contributed by atoms with Crippen LogP contribution in [-0.4, -0.2) is 58.9 Å². The Morgan fingerprint density at radius 3 is 2.22 bits per heavy atom. The van der Waals surface area contributed by atoms with Gasteiger partial charge in [-0.15, -0.1) is 11.6 Å². The molecular weight excluding hydrogens is 538 g/mol. The lowest BCUT2D eigenvalue weighted by atomic mass is 10.00. The Bertz CT molecular complexity index is 1160. The first-order valence-electron chi connectivity index (χ1n) is 7.60. The molecule has 0 bridgehead atoms. The number of carbonyl (C=O) groups is 1. The molecule has 0 spiro atoms. The van der Waals surface area contributed by atoms with Crippen LogP contribution >= 0.6 is 35.1 Å². The van der Waals surface area contributed by atoms with Crippen LogP contribution in [0.2, 0.25) is 0 Å². The molecule has 5 N–H and O–H groups in total. The second-order valence-corrected chi connectivity index (χ2v) is 10.6. The fourth-order valence-electron chi connectivity index (χ4n) is 2.32. The summed E-state index contributed by atoms with van der Waals surface area (Å²) >= 11 is 5.51. The SMILES string of the molecule is O=C1C(F)(F)[C@H](n2ccc(=O)[nH]c2=O)O[C@]1(CCl)COP(=O)(O)OP(=O)(O)OP(=O)(O)O. The molecule has 1 fully saturated rings. The van der Waals surface area contributed by atoms with Gasteiger partial charge < -0.3 is 24.3 Å². The van der Waals surface area contributed by atoms with Gasteiger partial charge in [-0.05, 0) is 0 Å². The second kappa shape index (κ2) is 8.91. The number of alkyl halides is 3. The first-order chi connectivity index (χ1) is 14.3. The van der Waals surface area contributed by atoms with Crippen LogP contribution in [0.3, 0.4) is 0 Å². The summed E-state index contributed by atoms with van der Waals surface area (Å²) in [6.45, 7) is -1.62. The highest BCUT2D eigenvalue weighted by molar-refractivity contribution is 7.66. The van der Waals surface area contributed by atoms with E-state index < -0.39 is 70.7 Å². The zero-order valence-electron chi connectivity index (χ0n) is 14.9. The lowest BCUT2D eigenvalue weighted by Gasteiger charge is -2.25. The quantitative estimate of drug-likeness (QED) is 0.194. The van der Waals surface area contributed by atoms with Gasteiger partial charge in [-0.3, -0.25) is 23.7 Å². The fourth-order valence-corrected chi connectivity index (χ4v) is 5.65. The van der Waals surface area contributed by atoms with E-state index in [0.29, 0.717) is 12.3 Å². The van der Waals surface area contributed by atoms with Crippen molar-refractivity contribution in [3.63, 3.8) is 0 Å². The van der Waals surface area contributed by atoms with Crippen molar-refractivity contribution in [3.05, 3.63) is 33.1 Å². The Kier molecular flexibility index (Phi) is 7.55. The molecule has 0 radical (unpaired) electrons. The molecule has 2 unspecified atom stereocenters. The van der Waals surface area contributed by atoms with Crippen LogP contribution < -0.4 is 11.2 Å². The maximum absolute atomic E-state index is 14.5. The molecule has 2 rings (SSSR count). The Morgan fingerprint density at radius 1 is 1.12 bits per heavy atom. The minimum absolute atomic E-state index is 0.123. The van der Waals surface area contributed by atoms with E-state index in [4.69, 9.17) is 31.0 Å². The highest BCUT2D eigenvalue weighted by Gasteiger charge is 2.67. The third kappa shape index (κ3) is 6.05. The van der Waals surface area contributed by atoms with Gasteiger partial charge in [0.05, 0.1) is 12.5 Å². The van der Waals surface area contributed by atoms with Crippen LogP contribution in [0.25, 0.3) is 0 Å². The van der Waals surface area contributed by atoms with Crippen LogP contribution in [0.4, 0.5) is 8.78 Å². The van der Waals surface area contributed by atoms with Crippen molar-refractivity contribution in [2.24, 2.45) is 0 Å². The molecule has 4 atom stereocenters. The Balaban J connectivity index is 2.29. The average molecular weight is 551 g/mol. The molecular formula is C10H12ClF2N2O14P3.